The first-order chi connectivity index (χ1) is 10.6. The Kier molecular flexibility index (Phi) is 6.61. The predicted molar refractivity (Wildman–Crippen MR) is 93.9 cm³/mol. The largest absolute Gasteiger partial charge is 0.361 e. The van der Waals surface area contributed by atoms with Gasteiger partial charge in [0, 0.05) is 36.4 Å². The Hall–Kier alpha value is -1.17. The number of thioether (sulfide) groups is 1. The Labute approximate surface area is 137 Å². The number of rotatable bonds is 6. The van der Waals surface area contributed by atoms with Crippen molar-refractivity contribution in [2.24, 2.45) is 4.99 Å². The Morgan fingerprint density at radius 3 is 2.86 bits per heavy atom. The van der Waals surface area contributed by atoms with Crippen LogP contribution < -0.4 is 10.6 Å². The molecule has 0 amide bonds. The van der Waals surface area contributed by atoms with Crippen LogP contribution in [0.4, 0.5) is 0 Å². The Bertz CT molecular complexity index is 475. The highest BCUT2D eigenvalue weighted by atomic mass is 32.2. The summed E-state index contributed by atoms with van der Waals surface area (Å²) < 4.78 is 5.25. The van der Waals surface area contributed by atoms with Crippen molar-refractivity contribution in [3.05, 3.63) is 17.0 Å². The molecule has 6 heteroatoms. The van der Waals surface area contributed by atoms with Gasteiger partial charge in [-0.05, 0) is 39.4 Å². The monoisotopic (exact) mass is 324 g/mol. The summed E-state index contributed by atoms with van der Waals surface area (Å²) in [5.74, 6) is 3.42. The molecular weight excluding hydrogens is 296 g/mol. The molecule has 2 rings (SSSR count). The molecular formula is C16H28N4OS. The first-order valence-electron chi connectivity index (χ1n) is 8.18. The molecule has 124 valence electrons. The van der Waals surface area contributed by atoms with Crippen LogP contribution in [0, 0.1) is 13.8 Å². The normalized spacial score (nSPS) is 20.2. The predicted octanol–water partition coefficient (Wildman–Crippen LogP) is 2.85. The summed E-state index contributed by atoms with van der Waals surface area (Å²) in [7, 11) is 0. The highest BCUT2D eigenvalue weighted by Gasteiger charge is 2.17. The van der Waals surface area contributed by atoms with Crippen LogP contribution in [0.1, 0.15) is 49.6 Å². The van der Waals surface area contributed by atoms with E-state index in [0.29, 0.717) is 5.92 Å². The quantitative estimate of drug-likeness (QED) is 0.622. The van der Waals surface area contributed by atoms with E-state index in [-0.39, 0.29) is 0 Å². The third kappa shape index (κ3) is 4.66. The third-order valence-corrected chi connectivity index (χ3v) is 5.37. The zero-order valence-corrected chi connectivity index (χ0v) is 14.9. The molecule has 0 bridgehead atoms. The lowest BCUT2D eigenvalue weighted by atomic mass is 10.00. The summed E-state index contributed by atoms with van der Waals surface area (Å²) in [5, 5.41) is 11.6. The third-order valence-electron chi connectivity index (χ3n) is 3.97. The summed E-state index contributed by atoms with van der Waals surface area (Å²) in [4.78, 5) is 4.73. The maximum atomic E-state index is 5.25. The highest BCUT2D eigenvalue weighted by Crippen LogP contribution is 2.25. The molecule has 2 N–H and O–H groups in total. The SMILES string of the molecule is CCNC(=NCC(C)c1c(C)noc1C)NCC1CCCS1. The van der Waals surface area contributed by atoms with Gasteiger partial charge in [0.25, 0.3) is 0 Å². The molecule has 0 radical (unpaired) electrons. The van der Waals surface area contributed by atoms with E-state index in [1.807, 2.05) is 13.8 Å². The Morgan fingerprint density at radius 2 is 2.27 bits per heavy atom. The summed E-state index contributed by atoms with van der Waals surface area (Å²) in [5.41, 5.74) is 2.16. The van der Waals surface area contributed by atoms with E-state index in [1.165, 1.54) is 24.2 Å². The van der Waals surface area contributed by atoms with Crippen molar-refractivity contribution >= 4 is 17.7 Å². The van der Waals surface area contributed by atoms with Crippen LogP contribution in [0.5, 0.6) is 0 Å². The molecule has 2 atom stereocenters. The van der Waals surface area contributed by atoms with E-state index >= 15 is 0 Å². The lowest BCUT2D eigenvalue weighted by Gasteiger charge is -2.15. The molecule has 1 aromatic heterocycles. The van der Waals surface area contributed by atoms with Crippen LogP contribution >= 0.6 is 11.8 Å². The molecule has 0 spiro atoms. The van der Waals surface area contributed by atoms with E-state index in [9.17, 15) is 0 Å². The molecule has 0 aliphatic carbocycles. The smallest absolute Gasteiger partial charge is 0.191 e. The van der Waals surface area contributed by atoms with Gasteiger partial charge in [0.1, 0.15) is 5.76 Å². The molecule has 5 nitrogen and oxygen atoms in total. The number of nitrogens with zero attached hydrogens (tertiary/aromatic N) is 2. The maximum Gasteiger partial charge on any atom is 0.191 e. The zero-order valence-electron chi connectivity index (χ0n) is 14.1. The second kappa shape index (κ2) is 8.46. The molecule has 1 fully saturated rings. The van der Waals surface area contributed by atoms with Crippen LogP contribution in [0.2, 0.25) is 0 Å². The lowest BCUT2D eigenvalue weighted by Crippen LogP contribution is -2.40. The minimum atomic E-state index is 0.308. The molecule has 22 heavy (non-hydrogen) atoms. The van der Waals surface area contributed by atoms with Gasteiger partial charge < -0.3 is 15.2 Å². The standard InChI is InChI=1S/C16H28N4OS/c1-5-17-16(19-10-14-7-6-8-22-14)18-9-11(2)15-12(3)20-21-13(15)4/h11,14H,5-10H2,1-4H3,(H2,17,18,19). The van der Waals surface area contributed by atoms with Crippen molar-refractivity contribution in [2.75, 3.05) is 25.4 Å². The van der Waals surface area contributed by atoms with Gasteiger partial charge in [-0.1, -0.05) is 12.1 Å². The molecule has 1 aliphatic rings. The molecule has 1 saturated heterocycles. The fraction of sp³-hybridized carbons (Fsp3) is 0.750. The van der Waals surface area contributed by atoms with Gasteiger partial charge in [0.15, 0.2) is 5.96 Å². The van der Waals surface area contributed by atoms with Gasteiger partial charge in [-0.15, -0.1) is 0 Å². The van der Waals surface area contributed by atoms with Gasteiger partial charge in [0.2, 0.25) is 0 Å². The number of hydrogen-bond donors (Lipinski definition) is 2. The van der Waals surface area contributed by atoms with Crippen molar-refractivity contribution in [3.8, 4) is 0 Å². The van der Waals surface area contributed by atoms with Crippen molar-refractivity contribution < 1.29 is 4.52 Å². The van der Waals surface area contributed by atoms with Crippen molar-refractivity contribution in [3.63, 3.8) is 0 Å². The Balaban J connectivity index is 1.91. The van der Waals surface area contributed by atoms with Crippen LogP contribution in [0.25, 0.3) is 0 Å². The van der Waals surface area contributed by atoms with Gasteiger partial charge >= 0.3 is 0 Å². The van der Waals surface area contributed by atoms with Gasteiger partial charge in [-0.3, -0.25) is 4.99 Å². The minimum Gasteiger partial charge on any atom is -0.361 e. The van der Waals surface area contributed by atoms with Crippen molar-refractivity contribution in [2.45, 2.75) is 51.7 Å². The number of aliphatic imine (C=N–C) groups is 1. The Morgan fingerprint density at radius 1 is 1.45 bits per heavy atom. The lowest BCUT2D eigenvalue weighted by molar-refractivity contribution is 0.391. The van der Waals surface area contributed by atoms with E-state index < -0.39 is 0 Å². The number of hydrogen-bond acceptors (Lipinski definition) is 4. The van der Waals surface area contributed by atoms with Crippen LogP contribution in [0.15, 0.2) is 9.52 Å². The molecule has 2 unspecified atom stereocenters. The van der Waals surface area contributed by atoms with Crippen LogP contribution in [-0.2, 0) is 0 Å². The van der Waals surface area contributed by atoms with Gasteiger partial charge in [-0.25, -0.2) is 0 Å². The second-order valence-electron chi connectivity index (χ2n) is 5.87. The highest BCUT2D eigenvalue weighted by molar-refractivity contribution is 8.00. The first kappa shape index (κ1) is 17.2. The van der Waals surface area contributed by atoms with Gasteiger partial charge in [0.05, 0.1) is 5.69 Å². The van der Waals surface area contributed by atoms with E-state index in [0.717, 1.165) is 42.3 Å². The second-order valence-corrected chi connectivity index (χ2v) is 7.28. The van der Waals surface area contributed by atoms with Crippen LogP contribution in [-0.4, -0.2) is 41.8 Å². The zero-order chi connectivity index (χ0) is 15.9. The number of aryl methyl sites for hydroxylation is 2. The number of aromatic nitrogens is 1. The molecule has 2 heterocycles. The fourth-order valence-corrected chi connectivity index (χ4v) is 4.07. The first-order valence-corrected chi connectivity index (χ1v) is 9.23. The topological polar surface area (TPSA) is 62.5 Å². The molecule has 0 saturated carbocycles. The summed E-state index contributed by atoms with van der Waals surface area (Å²) in [6.45, 7) is 10.8. The van der Waals surface area contributed by atoms with Crippen LogP contribution in [0.3, 0.4) is 0 Å². The number of nitrogens with one attached hydrogen (secondary N) is 2. The molecule has 0 aromatic carbocycles. The summed E-state index contributed by atoms with van der Waals surface area (Å²) in [6, 6.07) is 0. The maximum absolute atomic E-state index is 5.25. The average molecular weight is 324 g/mol. The van der Waals surface area contributed by atoms with E-state index in [1.54, 1.807) is 0 Å². The van der Waals surface area contributed by atoms with E-state index in [4.69, 9.17) is 9.52 Å². The summed E-state index contributed by atoms with van der Waals surface area (Å²) in [6.07, 6.45) is 2.65. The van der Waals surface area contributed by atoms with Crippen molar-refractivity contribution in [1.82, 2.24) is 15.8 Å². The molecule has 1 aliphatic heterocycles. The fourth-order valence-electron chi connectivity index (χ4n) is 2.87. The average Bonchev–Trinajstić information content (AvgIpc) is 3.12. The molecule has 1 aromatic rings. The summed E-state index contributed by atoms with van der Waals surface area (Å²) >= 11 is 2.06. The van der Waals surface area contributed by atoms with Crippen molar-refractivity contribution in [1.29, 1.82) is 0 Å². The van der Waals surface area contributed by atoms with E-state index in [2.05, 4.69) is 41.4 Å². The minimum absolute atomic E-state index is 0.308. The van der Waals surface area contributed by atoms with Gasteiger partial charge in [-0.2, -0.15) is 11.8 Å². The number of guanidine groups is 1.